The Morgan fingerprint density at radius 1 is 1.23 bits per heavy atom. The molecular weight excluding hydrogens is 404 g/mol. The van der Waals surface area contributed by atoms with Crippen LogP contribution in [0, 0.1) is 5.82 Å². The number of hydrogen-bond acceptors (Lipinski definition) is 6. The highest BCUT2D eigenvalue weighted by molar-refractivity contribution is 5.99. The summed E-state index contributed by atoms with van der Waals surface area (Å²) in [6.07, 6.45) is 5.37. The second kappa shape index (κ2) is 8.84. The molecule has 0 spiro atoms. The molecule has 164 valence electrons. The molecule has 1 aromatic carbocycles. The first kappa shape index (κ1) is 21.0. The molecule has 3 aromatic rings. The molecule has 2 heterocycles. The molecule has 1 saturated carbocycles. The van der Waals surface area contributed by atoms with Crippen molar-refractivity contribution >= 4 is 34.1 Å². The Kier molecular flexibility index (Phi) is 5.99. The Labute approximate surface area is 178 Å². The number of hydrogen-bond donors (Lipinski definition) is 4. The number of anilines is 3. The van der Waals surface area contributed by atoms with E-state index in [9.17, 15) is 13.6 Å². The van der Waals surface area contributed by atoms with Crippen LogP contribution in [0.3, 0.4) is 0 Å². The van der Waals surface area contributed by atoms with E-state index in [1.165, 1.54) is 0 Å². The molecule has 0 saturated heterocycles. The van der Waals surface area contributed by atoms with E-state index in [4.69, 9.17) is 11.5 Å². The monoisotopic (exact) mass is 429 g/mol. The fourth-order valence-corrected chi connectivity index (χ4v) is 3.93. The number of primary amides is 1. The summed E-state index contributed by atoms with van der Waals surface area (Å²) in [5.74, 6) is -1.35. The van der Waals surface area contributed by atoms with Crippen LogP contribution in [0.25, 0.3) is 10.9 Å². The van der Waals surface area contributed by atoms with Gasteiger partial charge < -0.3 is 22.1 Å². The molecule has 0 bridgehead atoms. The zero-order chi connectivity index (χ0) is 22.0. The molecule has 0 aliphatic heterocycles. The number of aryl methyl sites for hydroxylation is 1. The van der Waals surface area contributed by atoms with Crippen LogP contribution in [0.1, 0.15) is 36.0 Å². The van der Waals surface area contributed by atoms with E-state index in [0.29, 0.717) is 5.69 Å². The van der Waals surface area contributed by atoms with Gasteiger partial charge in [-0.25, -0.2) is 13.8 Å². The molecule has 8 nitrogen and oxygen atoms in total. The molecule has 2 aromatic heterocycles. The second-order valence-corrected chi connectivity index (χ2v) is 7.73. The highest BCUT2D eigenvalue weighted by atomic mass is 19.1. The average Bonchev–Trinajstić information content (AvgIpc) is 3.14. The van der Waals surface area contributed by atoms with Gasteiger partial charge in [-0.3, -0.25) is 9.48 Å². The minimum absolute atomic E-state index is 0.0124. The van der Waals surface area contributed by atoms with Gasteiger partial charge in [0.2, 0.25) is 0 Å². The lowest BCUT2D eigenvalue weighted by molar-refractivity contribution is 0.100. The number of carbonyl (C=O) groups excluding carboxylic acids is 1. The van der Waals surface area contributed by atoms with Crippen molar-refractivity contribution in [1.82, 2.24) is 14.8 Å². The van der Waals surface area contributed by atoms with Crippen LogP contribution in [0.15, 0.2) is 30.5 Å². The summed E-state index contributed by atoms with van der Waals surface area (Å²) in [6, 6.07) is 6.21. The van der Waals surface area contributed by atoms with Crippen molar-refractivity contribution in [3.63, 3.8) is 0 Å². The van der Waals surface area contributed by atoms with E-state index < -0.39 is 18.4 Å². The lowest BCUT2D eigenvalue weighted by Gasteiger charge is -2.30. The smallest absolute Gasteiger partial charge is 0.252 e. The standard InChI is InChI=1S/C21H25F2N7O/c22-7-8-30-18-9-13(6-5-12(18)11-26-30)27-20-14(19(25)31)10-15(23)21(29-20)28-17-4-2-1-3-16(17)24/h5-6,9-11,16-17H,1-4,7-8,24H2,(H2,25,31)(H2,27,28,29). The zero-order valence-electron chi connectivity index (χ0n) is 16.9. The number of benzene rings is 1. The van der Waals surface area contributed by atoms with Crippen LogP contribution in [0.5, 0.6) is 0 Å². The number of fused-ring (bicyclic) bond motifs is 1. The van der Waals surface area contributed by atoms with Crippen molar-refractivity contribution in [2.24, 2.45) is 11.5 Å². The quantitative estimate of drug-likeness (QED) is 0.458. The number of nitrogens with zero attached hydrogens (tertiary/aromatic N) is 3. The van der Waals surface area contributed by atoms with Crippen LogP contribution in [-0.4, -0.2) is 39.4 Å². The molecular formula is C21H25F2N7O. The van der Waals surface area contributed by atoms with Gasteiger partial charge in [-0.2, -0.15) is 5.10 Å². The van der Waals surface area contributed by atoms with Crippen LogP contribution >= 0.6 is 0 Å². The minimum atomic E-state index is -0.807. The van der Waals surface area contributed by atoms with Gasteiger partial charge in [0.05, 0.1) is 23.8 Å². The first-order chi connectivity index (χ1) is 15.0. The van der Waals surface area contributed by atoms with E-state index in [0.717, 1.165) is 42.7 Å². The molecule has 1 amide bonds. The Balaban J connectivity index is 1.67. The summed E-state index contributed by atoms with van der Waals surface area (Å²) in [6.45, 7) is -0.415. The third-order valence-corrected chi connectivity index (χ3v) is 5.59. The maximum atomic E-state index is 14.7. The van der Waals surface area contributed by atoms with Crippen molar-refractivity contribution < 1.29 is 13.6 Å². The second-order valence-electron chi connectivity index (χ2n) is 7.73. The lowest BCUT2D eigenvalue weighted by atomic mass is 9.91. The number of alkyl halides is 1. The highest BCUT2D eigenvalue weighted by Gasteiger charge is 2.24. The Hall–Kier alpha value is -3.27. The number of carbonyl (C=O) groups is 1. The Morgan fingerprint density at radius 2 is 2.03 bits per heavy atom. The molecule has 2 unspecified atom stereocenters. The fourth-order valence-electron chi connectivity index (χ4n) is 3.93. The molecule has 10 heteroatoms. The first-order valence-electron chi connectivity index (χ1n) is 10.3. The van der Waals surface area contributed by atoms with Crippen molar-refractivity contribution in [2.75, 3.05) is 17.3 Å². The minimum Gasteiger partial charge on any atom is -0.365 e. The molecule has 31 heavy (non-hydrogen) atoms. The number of nitrogens with one attached hydrogen (secondary N) is 2. The van der Waals surface area contributed by atoms with Gasteiger partial charge in [0.25, 0.3) is 5.91 Å². The number of nitrogens with two attached hydrogens (primary N) is 2. The van der Waals surface area contributed by atoms with Gasteiger partial charge in [0, 0.05) is 23.2 Å². The normalized spacial score (nSPS) is 18.8. The molecule has 1 aliphatic carbocycles. The van der Waals surface area contributed by atoms with Crippen molar-refractivity contribution in [1.29, 1.82) is 0 Å². The van der Waals surface area contributed by atoms with Crippen molar-refractivity contribution in [3.8, 4) is 0 Å². The number of amides is 1. The van der Waals surface area contributed by atoms with Gasteiger partial charge >= 0.3 is 0 Å². The zero-order valence-corrected chi connectivity index (χ0v) is 16.9. The van der Waals surface area contributed by atoms with E-state index in [2.05, 4.69) is 20.7 Å². The molecule has 6 N–H and O–H groups in total. The molecule has 1 aliphatic rings. The van der Waals surface area contributed by atoms with Gasteiger partial charge in [0.1, 0.15) is 12.5 Å². The van der Waals surface area contributed by atoms with Gasteiger partial charge in [-0.05, 0) is 37.1 Å². The Bertz CT molecular complexity index is 1100. The average molecular weight is 429 g/mol. The summed E-state index contributed by atoms with van der Waals surface area (Å²) in [7, 11) is 0. The van der Waals surface area contributed by atoms with Crippen LogP contribution in [0.4, 0.5) is 26.1 Å². The van der Waals surface area contributed by atoms with Crippen LogP contribution in [0.2, 0.25) is 0 Å². The molecule has 2 atom stereocenters. The number of rotatable bonds is 7. The predicted octanol–water partition coefficient (Wildman–Crippen LogP) is 3.06. The highest BCUT2D eigenvalue weighted by Crippen LogP contribution is 2.28. The number of halogens is 2. The first-order valence-corrected chi connectivity index (χ1v) is 10.3. The number of aromatic nitrogens is 3. The maximum absolute atomic E-state index is 14.7. The van der Waals surface area contributed by atoms with Gasteiger partial charge in [0.15, 0.2) is 11.6 Å². The third kappa shape index (κ3) is 4.43. The molecule has 4 rings (SSSR count). The summed E-state index contributed by atoms with van der Waals surface area (Å²) >= 11 is 0. The Morgan fingerprint density at radius 3 is 2.77 bits per heavy atom. The van der Waals surface area contributed by atoms with E-state index in [1.807, 2.05) is 6.07 Å². The van der Waals surface area contributed by atoms with Gasteiger partial charge in [-0.1, -0.05) is 12.8 Å². The van der Waals surface area contributed by atoms with Crippen LogP contribution in [-0.2, 0) is 6.54 Å². The molecule has 1 fully saturated rings. The lowest BCUT2D eigenvalue weighted by Crippen LogP contribution is -2.43. The summed E-state index contributed by atoms with van der Waals surface area (Å²) in [5.41, 5.74) is 12.8. The largest absolute Gasteiger partial charge is 0.365 e. The van der Waals surface area contributed by atoms with Gasteiger partial charge in [-0.15, -0.1) is 0 Å². The summed E-state index contributed by atoms with van der Waals surface area (Å²) in [5, 5.41) is 11.1. The van der Waals surface area contributed by atoms with Crippen molar-refractivity contribution in [2.45, 2.75) is 44.3 Å². The maximum Gasteiger partial charge on any atom is 0.252 e. The SMILES string of the molecule is NC(=O)c1cc(F)c(NC2CCCCC2N)nc1Nc1ccc2cnn(CCF)c2c1. The molecule has 0 radical (unpaired) electrons. The topological polar surface area (TPSA) is 124 Å². The third-order valence-electron chi connectivity index (χ3n) is 5.59. The van der Waals surface area contributed by atoms with Crippen LogP contribution < -0.4 is 22.1 Å². The summed E-state index contributed by atoms with van der Waals surface area (Å²) in [4.78, 5) is 16.2. The fraction of sp³-hybridized carbons (Fsp3) is 0.381. The predicted molar refractivity (Wildman–Crippen MR) is 116 cm³/mol. The van der Waals surface area contributed by atoms with E-state index >= 15 is 0 Å². The van der Waals surface area contributed by atoms with E-state index in [-0.39, 0.29) is 35.8 Å². The number of pyridine rings is 1. The van der Waals surface area contributed by atoms with E-state index in [1.54, 1.807) is 23.0 Å². The van der Waals surface area contributed by atoms with Crippen molar-refractivity contribution in [3.05, 3.63) is 41.8 Å². The summed E-state index contributed by atoms with van der Waals surface area (Å²) < 4.78 is 29.0.